The lowest BCUT2D eigenvalue weighted by molar-refractivity contribution is 1.09. The van der Waals surface area contributed by atoms with Gasteiger partial charge in [-0.25, -0.2) is 0 Å². The SMILES string of the molecule is C.c1ccc(-c2ccccc2)cc1.c1cn[nH]c1. The molecule has 92 valence electrons. The van der Waals surface area contributed by atoms with Crippen molar-refractivity contribution >= 4 is 0 Å². The van der Waals surface area contributed by atoms with Crippen LogP contribution in [0.4, 0.5) is 0 Å². The fourth-order valence-corrected chi connectivity index (χ4v) is 1.48. The van der Waals surface area contributed by atoms with Crippen molar-refractivity contribution in [1.29, 1.82) is 0 Å². The summed E-state index contributed by atoms with van der Waals surface area (Å²) in [5, 5.41) is 6.21. The highest BCUT2D eigenvalue weighted by Gasteiger charge is 1.91. The Bertz CT molecular complexity index is 447. The summed E-state index contributed by atoms with van der Waals surface area (Å²) in [6, 6.07) is 22.6. The Morgan fingerprint density at radius 3 is 1.44 bits per heavy atom. The number of hydrogen-bond donors (Lipinski definition) is 1. The maximum absolute atomic E-state index is 3.60. The molecular weight excluding hydrogens is 220 g/mol. The molecular formula is C16H18N2. The van der Waals surface area contributed by atoms with Crippen LogP contribution < -0.4 is 0 Å². The zero-order valence-electron chi connectivity index (χ0n) is 9.45. The molecule has 2 heteroatoms. The van der Waals surface area contributed by atoms with Gasteiger partial charge in [-0.2, -0.15) is 5.10 Å². The minimum absolute atomic E-state index is 0. The van der Waals surface area contributed by atoms with Crippen LogP contribution >= 0.6 is 0 Å². The van der Waals surface area contributed by atoms with Crippen LogP contribution in [0.15, 0.2) is 79.1 Å². The molecule has 1 aromatic heterocycles. The van der Waals surface area contributed by atoms with E-state index in [0.29, 0.717) is 0 Å². The molecule has 1 N–H and O–H groups in total. The van der Waals surface area contributed by atoms with E-state index in [1.807, 2.05) is 18.2 Å². The van der Waals surface area contributed by atoms with Gasteiger partial charge in [0.05, 0.1) is 0 Å². The van der Waals surface area contributed by atoms with Crippen LogP contribution in [0.25, 0.3) is 11.1 Å². The topological polar surface area (TPSA) is 28.7 Å². The smallest absolute Gasteiger partial charge is 0.0487 e. The number of rotatable bonds is 1. The van der Waals surface area contributed by atoms with Crippen molar-refractivity contribution in [2.24, 2.45) is 0 Å². The summed E-state index contributed by atoms with van der Waals surface area (Å²) in [5.41, 5.74) is 2.55. The lowest BCUT2D eigenvalue weighted by atomic mass is 10.1. The summed E-state index contributed by atoms with van der Waals surface area (Å²) >= 11 is 0. The number of nitrogens with one attached hydrogen (secondary N) is 1. The van der Waals surface area contributed by atoms with Crippen LogP contribution in [-0.4, -0.2) is 10.2 Å². The van der Waals surface area contributed by atoms with Crippen LogP contribution in [0.5, 0.6) is 0 Å². The van der Waals surface area contributed by atoms with E-state index in [4.69, 9.17) is 0 Å². The van der Waals surface area contributed by atoms with Crippen molar-refractivity contribution in [3.05, 3.63) is 79.1 Å². The van der Waals surface area contributed by atoms with Gasteiger partial charge in [-0.15, -0.1) is 0 Å². The molecule has 0 amide bonds. The molecule has 18 heavy (non-hydrogen) atoms. The maximum atomic E-state index is 3.60. The van der Waals surface area contributed by atoms with Crippen LogP contribution in [0.3, 0.4) is 0 Å². The Balaban J connectivity index is 0.000000230. The van der Waals surface area contributed by atoms with E-state index in [1.165, 1.54) is 11.1 Å². The largest absolute Gasteiger partial charge is 0.286 e. The van der Waals surface area contributed by atoms with Gasteiger partial charge >= 0.3 is 0 Å². The van der Waals surface area contributed by atoms with E-state index in [-0.39, 0.29) is 7.43 Å². The van der Waals surface area contributed by atoms with Gasteiger partial charge in [0.15, 0.2) is 0 Å². The van der Waals surface area contributed by atoms with Gasteiger partial charge in [0.25, 0.3) is 0 Å². The Kier molecular flexibility index (Phi) is 5.98. The molecule has 1 heterocycles. The van der Waals surface area contributed by atoms with Gasteiger partial charge in [-0.3, -0.25) is 5.10 Å². The third-order valence-electron chi connectivity index (χ3n) is 2.29. The van der Waals surface area contributed by atoms with E-state index < -0.39 is 0 Å². The molecule has 0 aliphatic heterocycles. The minimum atomic E-state index is 0. The molecule has 0 saturated heterocycles. The fraction of sp³-hybridized carbons (Fsp3) is 0.0625. The zero-order chi connectivity index (χ0) is 11.8. The second kappa shape index (κ2) is 7.85. The zero-order valence-corrected chi connectivity index (χ0v) is 9.45. The van der Waals surface area contributed by atoms with E-state index >= 15 is 0 Å². The summed E-state index contributed by atoms with van der Waals surface area (Å²) in [4.78, 5) is 0. The minimum Gasteiger partial charge on any atom is -0.286 e. The van der Waals surface area contributed by atoms with Crippen LogP contribution in [0, 0.1) is 0 Å². The Hall–Kier alpha value is -2.35. The van der Waals surface area contributed by atoms with Gasteiger partial charge in [-0.05, 0) is 17.2 Å². The average molecular weight is 238 g/mol. The number of benzene rings is 2. The number of H-pyrrole nitrogens is 1. The maximum Gasteiger partial charge on any atom is 0.0487 e. The molecule has 0 atom stereocenters. The van der Waals surface area contributed by atoms with Gasteiger partial charge in [0.1, 0.15) is 0 Å². The Morgan fingerprint density at radius 2 is 1.17 bits per heavy atom. The lowest BCUT2D eigenvalue weighted by Gasteiger charge is -1.98. The molecule has 0 bridgehead atoms. The lowest BCUT2D eigenvalue weighted by Crippen LogP contribution is -1.73. The second-order valence-corrected chi connectivity index (χ2v) is 3.50. The number of hydrogen-bond acceptors (Lipinski definition) is 1. The van der Waals surface area contributed by atoms with Crippen molar-refractivity contribution < 1.29 is 0 Å². The quantitative estimate of drug-likeness (QED) is 0.668. The molecule has 0 aliphatic rings. The van der Waals surface area contributed by atoms with E-state index in [9.17, 15) is 0 Å². The molecule has 3 aromatic rings. The summed E-state index contributed by atoms with van der Waals surface area (Å²) in [5.74, 6) is 0. The molecule has 0 aliphatic carbocycles. The molecule has 0 fully saturated rings. The Morgan fingerprint density at radius 1 is 0.667 bits per heavy atom. The van der Waals surface area contributed by atoms with E-state index in [0.717, 1.165) is 0 Å². The normalized spacial score (nSPS) is 8.67. The van der Waals surface area contributed by atoms with Crippen molar-refractivity contribution in [2.75, 3.05) is 0 Å². The van der Waals surface area contributed by atoms with Crippen LogP contribution in [0.1, 0.15) is 7.43 Å². The van der Waals surface area contributed by atoms with Crippen molar-refractivity contribution in [3.8, 4) is 11.1 Å². The summed E-state index contributed by atoms with van der Waals surface area (Å²) in [6.45, 7) is 0. The monoisotopic (exact) mass is 238 g/mol. The predicted molar refractivity (Wildman–Crippen MR) is 77.2 cm³/mol. The van der Waals surface area contributed by atoms with E-state index in [2.05, 4.69) is 58.7 Å². The van der Waals surface area contributed by atoms with Crippen LogP contribution in [-0.2, 0) is 0 Å². The summed E-state index contributed by atoms with van der Waals surface area (Å²) in [6.07, 6.45) is 3.46. The molecule has 0 radical (unpaired) electrons. The third-order valence-corrected chi connectivity index (χ3v) is 2.29. The first-order valence-electron chi connectivity index (χ1n) is 5.51. The molecule has 0 unspecified atom stereocenters. The third kappa shape index (κ3) is 4.26. The fourth-order valence-electron chi connectivity index (χ4n) is 1.48. The molecule has 2 aromatic carbocycles. The predicted octanol–water partition coefficient (Wildman–Crippen LogP) is 4.40. The number of aromatic nitrogens is 2. The highest BCUT2D eigenvalue weighted by molar-refractivity contribution is 5.62. The van der Waals surface area contributed by atoms with Gasteiger partial charge in [0, 0.05) is 12.4 Å². The first-order chi connectivity index (χ1) is 8.47. The van der Waals surface area contributed by atoms with Gasteiger partial charge in [0.2, 0.25) is 0 Å². The second-order valence-electron chi connectivity index (χ2n) is 3.50. The van der Waals surface area contributed by atoms with Gasteiger partial charge in [-0.1, -0.05) is 68.1 Å². The average Bonchev–Trinajstić information content (AvgIpc) is 3.00. The van der Waals surface area contributed by atoms with Crippen LogP contribution in [0.2, 0.25) is 0 Å². The highest BCUT2D eigenvalue weighted by Crippen LogP contribution is 2.17. The number of aromatic amines is 1. The molecule has 3 rings (SSSR count). The highest BCUT2D eigenvalue weighted by atomic mass is 15.1. The summed E-state index contributed by atoms with van der Waals surface area (Å²) < 4.78 is 0. The van der Waals surface area contributed by atoms with Crippen molar-refractivity contribution in [3.63, 3.8) is 0 Å². The number of nitrogens with zero attached hydrogens (tertiary/aromatic N) is 1. The molecule has 2 nitrogen and oxygen atoms in total. The Labute approximate surface area is 108 Å². The van der Waals surface area contributed by atoms with Crippen molar-refractivity contribution in [1.82, 2.24) is 10.2 Å². The molecule has 0 spiro atoms. The van der Waals surface area contributed by atoms with Crippen molar-refractivity contribution in [2.45, 2.75) is 7.43 Å². The first-order valence-corrected chi connectivity index (χ1v) is 5.51. The van der Waals surface area contributed by atoms with Gasteiger partial charge < -0.3 is 0 Å². The molecule has 0 saturated carbocycles. The first kappa shape index (κ1) is 13.7. The standard InChI is InChI=1S/C12H10.C3H4N2.CH4/c1-3-7-11(8-4-1)12-9-5-2-6-10-12;1-2-4-5-3-1;/h1-10H;1-3H,(H,4,5);1H4. The van der Waals surface area contributed by atoms with E-state index in [1.54, 1.807) is 12.4 Å². The summed E-state index contributed by atoms with van der Waals surface area (Å²) in [7, 11) is 0.